The van der Waals surface area contributed by atoms with E-state index in [1.54, 1.807) is 0 Å². The molecule has 4 rings (SSSR count). The maximum Gasteiger partial charge on any atom is 0.412 e. The molecule has 2 aliphatic heterocycles. The summed E-state index contributed by atoms with van der Waals surface area (Å²) in [5, 5.41) is 0. The minimum atomic E-state index is -1.24. The van der Waals surface area contributed by atoms with E-state index in [2.05, 4.69) is 26.0 Å². The second kappa shape index (κ2) is 7.51. The largest absolute Gasteiger partial charge is 0.412 e. The molecular formula is C21H32O4. The Bertz CT molecular complexity index is 471. The predicted molar refractivity (Wildman–Crippen MR) is 95.7 cm³/mol. The van der Waals surface area contributed by atoms with Crippen LogP contribution in [-0.4, -0.2) is 32.6 Å². The highest BCUT2D eigenvalue weighted by atomic mass is 17.0. The zero-order chi connectivity index (χ0) is 17.3. The van der Waals surface area contributed by atoms with E-state index in [0.717, 1.165) is 0 Å². The van der Waals surface area contributed by atoms with Crippen molar-refractivity contribution in [3.05, 3.63) is 23.3 Å². The lowest BCUT2D eigenvalue weighted by Crippen LogP contribution is -2.54. The molecule has 0 radical (unpaired) electrons. The molecule has 140 valence electrons. The van der Waals surface area contributed by atoms with Crippen LogP contribution >= 0.6 is 0 Å². The summed E-state index contributed by atoms with van der Waals surface area (Å²) in [6.07, 6.45) is 11.1. The molecule has 1 spiro atoms. The maximum absolute atomic E-state index is 5.95. The van der Waals surface area contributed by atoms with Crippen molar-refractivity contribution in [1.82, 2.24) is 0 Å². The Morgan fingerprint density at radius 2 is 1.12 bits per heavy atom. The highest BCUT2D eigenvalue weighted by Gasteiger charge is 2.46. The van der Waals surface area contributed by atoms with Crippen LogP contribution < -0.4 is 0 Å². The molecule has 0 N–H and O–H groups in total. The van der Waals surface area contributed by atoms with E-state index in [-0.39, 0.29) is 0 Å². The van der Waals surface area contributed by atoms with Crippen LogP contribution in [0.1, 0.15) is 52.4 Å². The fraction of sp³-hybridized carbons (Fsp3) is 0.810. The van der Waals surface area contributed by atoms with E-state index in [4.69, 9.17) is 18.9 Å². The molecule has 0 aromatic carbocycles. The Balaban J connectivity index is 1.29. The van der Waals surface area contributed by atoms with Gasteiger partial charge in [0.1, 0.15) is 0 Å². The first-order chi connectivity index (χ1) is 12.1. The lowest BCUT2D eigenvalue weighted by molar-refractivity contribution is -0.536. The number of ether oxygens (including phenoxy) is 4. The minimum absolute atomic E-state index is 0.412. The van der Waals surface area contributed by atoms with Crippen LogP contribution in [0.4, 0.5) is 0 Å². The van der Waals surface area contributed by atoms with Crippen LogP contribution in [0.2, 0.25) is 0 Å². The van der Waals surface area contributed by atoms with Crippen molar-refractivity contribution in [3.8, 4) is 0 Å². The molecule has 0 bridgehead atoms. The zero-order valence-electron chi connectivity index (χ0n) is 15.7. The van der Waals surface area contributed by atoms with Gasteiger partial charge in [-0.25, -0.2) is 0 Å². The van der Waals surface area contributed by atoms with Crippen molar-refractivity contribution in [2.24, 2.45) is 23.7 Å². The standard InChI is InChI=1S/C21H32O4/c1-15-5-3-7-17(9-15)19-11-22-21(23-12-19)24-13-20(14-25-21)18-8-4-6-16(2)10-18/h9-10,17-20H,3-8,11-14H2,1-2H3. The summed E-state index contributed by atoms with van der Waals surface area (Å²) in [5.41, 5.74) is 3.00. The van der Waals surface area contributed by atoms with Gasteiger partial charge in [-0.15, -0.1) is 0 Å². The number of allylic oxidation sites excluding steroid dienone is 4. The molecule has 4 nitrogen and oxygen atoms in total. The van der Waals surface area contributed by atoms with Crippen LogP contribution in [0.5, 0.6) is 0 Å². The summed E-state index contributed by atoms with van der Waals surface area (Å²) in [7, 11) is 0. The van der Waals surface area contributed by atoms with Crippen LogP contribution in [0, 0.1) is 23.7 Å². The molecule has 0 aromatic heterocycles. The lowest BCUT2D eigenvalue weighted by Gasteiger charge is -2.45. The van der Waals surface area contributed by atoms with Crippen LogP contribution in [0.3, 0.4) is 0 Å². The smallest absolute Gasteiger partial charge is 0.303 e. The number of hydrogen-bond acceptors (Lipinski definition) is 4. The Labute approximate surface area is 151 Å². The van der Waals surface area contributed by atoms with Crippen LogP contribution in [-0.2, 0) is 18.9 Å². The van der Waals surface area contributed by atoms with Crippen molar-refractivity contribution in [2.75, 3.05) is 26.4 Å². The van der Waals surface area contributed by atoms with Crippen molar-refractivity contribution < 1.29 is 18.9 Å². The Hall–Kier alpha value is -0.680. The Morgan fingerprint density at radius 1 is 0.720 bits per heavy atom. The molecule has 2 saturated heterocycles. The zero-order valence-corrected chi connectivity index (χ0v) is 15.7. The molecular weight excluding hydrogens is 316 g/mol. The van der Waals surface area contributed by atoms with Gasteiger partial charge in [-0.1, -0.05) is 23.3 Å². The molecule has 25 heavy (non-hydrogen) atoms. The van der Waals surface area contributed by atoms with Gasteiger partial charge in [-0.3, -0.25) is 0 Å². The minimum Gasteiger partial charge on any atom is -0.303 e. The average Bonchev–Trinajstić information content (AvgIpc) is 2.63. The maximum atomic E-state index is 5.95. The predicted octanol–water partition coefficient (Wildman–Crippen LogP) is 4.42. The van der Waals surface area contributed by atoms with Gasteiger partial charge in [0, 0.05) is 11.8 Å². The highest BCUT2D eigenvalue weighted by molar-refractivity contribution is 5.07. The molecule has 2 atom stereocenters. The SMILES string of the molecule is CC1=CC(C2COC3(OC2)OCC(C2C=C(C)CCC2)CO3)CCC1. The fourth-order valence-electron chi connectivity index (χ4n) is 4.72. The van der Waals surface area contributed by atoms with Gasteiger partial charge in [0.05, 0.1) is 26.4 Å². The van der Waals surface area contributed by atoms with Crippen molar-refractivity contribution >= 4 is 0 Å². The van der Waals surface area contributed by atoms with E-state index in [0.29, 0.717) is 50.1 Å². The Morgan fingerprint density at radius 3 is 1.48 bits per heavy atom. The van der Waals surface area contributed by atoms with Crippen molar-refractivity contribution in [3.63, 3.8) is 0 Å². The lowest BCUT2D eigenvalue weighted by atomic mass is 9.82. The van der Waals surface area contributed by atoms with Crippen LogP contribution in [0.15, 0.2) is 23.3 Å². The van der Waals surface area contributed by atoms with E-state index in [9.17, 15) is 0 Å². The summed E-state index contributed by atoms with van der Waals surface area (Å²) in [4.78, 5) is 0. The van der Waals surface area contributed by atoms with Gasteiger partial charge in [-0.05, 0) is 64.2 Å². The summed E-state index contributed by atoms with van der Waals surface area (Å²) < 4.78 is 23.8. The van der Waals surface area contributed by atoms with Crippen LogP contribution in [0.25, 0.3) is 0 Å². The monoisotopic (exact) mass is 348 g/mol. The van der Waals surface area contributed by atoms with Gasteiger partial charge in [0.15, 0.2) is 0 Å². The number of rotatable bonds is 2. The third-order valence-electron chi connectivity index (χ3n) is 6.32. The first-order valence-electron chi connectivity index (χ1n) is 10.0. The van der Waals surface area contributed by atoms with Gasteiger partial charge < -0.3 is 18.9 Å². The topological polar surface area (TPSA) is 36.9 Å². The van der Waals surface area contributed by atoms with E-state index in [1.807, 2.05) is 0 Å². The quantitative estimate of drug-likeness (QED) is 0.693. The van der Waals surface area contributed by atoms with E-state index < -0.39 is 6.16 Å². The molecule has 4 heteroatoms. The molecule has 0 saturated carbocycles. The molecule has 0 aromatic rings. The van der Waals surface area contributed by atoms with Gasteiger partial charge in [0.2, 0.25) is 0 Å². The number of hydrogen-bond donors (Lipinski definition) is 0. The normalized spacial score (nSPS) is 42.8. The summed E-state index contributed by atoms with van der Waals surface area (Å²) in [5.74, 6) is 1.96. The average molecular weight is 348 g/mol. The first-order valence-corrected chi connectivity index (χ1v) is 10.0. The van der Waals surface area contributed by atoms with Gasteiger partial charge >= 0.3 is 6.16 Å². The summed E-state index contributed by atoms with van der Waals surface area (Å²) in [6, 6.07) is 0. The molecule has 2 heterocycles. The van der Waals surface area contributed by atoms with E-state index >= 15 is 0 Å². The molecule has 0 amide bonds. The second-order valence-electron chi connectivity index (χ2n) is 8.40. The molecule has 4 aliphatic rings. The summed E-state index contributed by atoms with van der Waals surface area (Å²) >= 11 is 0. The van der Waals surface area contributed by atoms with E-state index in [1.165, 1.54) is 49.7 Å². The summed E-state index contributed by atoms with van der Waals surface area (Å²) in [6.45, 7) is 7.08. The third kappa shape index (κ3) is 4.02. The van der Waals surface area contributed by atoms with Crippen molar-refractivity contribution in [2.45, 2.75) is 58.5 Å². The molecule has 2 unspecified atom stereocenters. The Kier molecular flexibility index (Phi) is 5.33. The van der Waals surface area contributed by atoms with Crippen molar-refractivity contribution in [1.29, 1.82) is 0 Å². The molecule has 2 fully saturated rings. The second-order valence-corrected chi connectivity index (χ2v) is 8.40. The third-order valence-corrected chi connectivity index (χ3v) is 6.32. The van der Waals surface area contributed by atoms with Gasteiger partial charge in [-0.2, -0.15) is 0 Å². The fourth-order valence-corrected chi connectivity index (χ4v) is 4.72. The van der Waals surface area contributed by atoms with Gasteiger partial charge in [0.25, 0.3) is 0 Å². The first kappa shape index (κ1) is 17.7. The highest BCUT2D eigenvalue weighted by Crippen LogP contribution is 2.38. The molecule has 2 aliphatic carbocycles.